The minimum atomic E-state index is -0.579. The maximum absolute atomic E-state index is 12.2. The first-order chi connectivity index (χ1) is 10.5. The first kappa shape index (κ1) is 15.9. The Balaban J connectivity index is 2.10. The highest BCUT2D eigenvalue weighted by molar-refractivity contribution is 6.31. The standard InChI is InChI=1S/C16H15ClN2O3/c1-10-5-6-12(8-14(10)17)19-16(21)11-3-2-4-13(7-11)22-9-15(18)20/h2-8H,9H2,1H3,(H2,18,20)(H,19,21). The lowest BCUT2D eigenvalue weighted by Crippen LogP contribution is -2.20. The molecule has 0 radical (unpaired) electrons. The van der Waals surface area contributed by atoms with Crippen molar-refractivity contribution in [1.29, 1.82) is 0 Å². The third-order valence-corrected chi connectivity index (χ3v) is 3.31. The molecule has 3 N–H and O–H groups in total. The van der Waals surface area contributed by atoms with Crippen molar-refractivity contribution in [2.45, 2.75) is 6.92 Å². The molecule has 2 amide bonds. The van der Waals surface area contributed by atoms with Gasteiger partial charge in [-0.2, -0.15) is 0 Å². The van der Waals surface area contributed by atoms with Gasteiger partial charge in [-0.25, -0.2) is 0 Å². The molecule has 2 aromatic rings. The van der Waals surface area contributed by atoms with Gasteiger partial charge in [0.1, 0.15) is 5.75 Å². The Hall–Kier alpha value is -2.53. The Morgan fingerprint density at radius 1 is 1.23 bits per heavy atom. The monoisotopic (exact) mass is 318 g/mol. The van der Waals surface area contributed by atoms with Crippen LogP contribution in [0.15, 0.2) is 42.5 Å². The van der Waals surface area contributed by atoms with E-state index in [2.05, 4.69) is 5.32 Å². The molecule has 0 heterocycles. The lowest BCUT2D eigenvalue weighted by Gasteiger charge is -2.08. The first-order valence-corrected chi connectivity index (χ1v) is 6.92. The molecule has 0 aliphatic carbocycles. The van der Waals surface area contributed by atoms with Gasteiger partial charge < -0.3 is 15.8 Å². The number of benzene rings is 2. The van der Waals surface area contributed by atoms with Crippen LogP contribution >= 0.6 is 11.6 Å². The number of carbonyl (C=O) groups is 2. The van der Waals surface area contributed by atoms with Gasteiger partial charge in [0.15, 0.2) is 6.61 Å². The van der Waals surface area contributed by atoms with Crippen LogP contribution in [0.3, 0.4) is 0 Å². The number of amides is 2. The summed E-state index contributed by atoms with van der Waals surface area (Å²) in [6, 6.07) is 11.8. The smallest absolute Gasteiger partial charge is 0.255 e. The summed E-state index contributed by atoms with van der Waals surface area (Å²) >= 11 is 6.02. The zero-order valence-corrected chi connectivity index (χ0v) is 12.7. The zero-order valence-electron chi connectivity index (χ0n) is 11.9. The molecule has 5 nitrogen and oxygen atoms in total. The molecule has 0 aromatic heterocycles. The minimum absolute atomic E-state index is 0.237. The summed E-state index contributed by atoms with van der Waals surface area (Å²) in [6.45, 7) is 1.64. The minimum Gasteiger partial charge on any atom is -0.484 e. The van der Waals surface area contributed by atoms with E-state index >= 15 is 0 Å². The second kappa shape index (κ2) is 6.95. The summed E-state index contributed by atoms with van der Waals surface area (Å²) in [4.78, 5) is 22.9. The number of nitrogens with one attached hydrogen (secondary N) is 1. The second-order valence-electron chi connectivity index (χ2n) is 4.70. The van der Waals surface area contributed by atoms with Gasteiger partial charge in [-0.15, -0.1) is 0 Å². The molecule has 0 aliphatic heterocycles. The molecule has 2 aromatic carbocycles. The SMILES string of the molecule is Cc1ccc(NC(=O)c2cccc(OCC(N)=O)c2)cc1Cl. The summed E-state index contributed by atoms with van der Waals surface area (Å²) in [6.07, 6.45) is 0. The fourth-order valence-electron chi connectivity index (χ4n) is 1.76. The molecule has 0 aliphatic rings. The zero-order chi connectivity index (χ0) is 16.1. The van der Waals surface area contributed by atoms with Crippen molar-refractivity contribution >= 4 is 29.1 Å². The van der Waals surface area contributed by atoms with Crippen LogP contribution in [0, 0.1) is 6.92 Å². The van der Waals surface area contributed by atoms with Crippen LogP contribution in [0.2, 0.25) is 5.02 Å². The fourth-order valence-corrected chi connectivity index (χ4v) is 1.94. The van der Waals surface area contributed by atoms with Crippen LogP contribution in [-0.2, 0) is 4.79 Å². The lowest BCUT2D eigenvalue weighted by atomic mass is 10.2. The van der Waals surface area contributed by atoms with Crippen molar-refractivity contribution in [2.75, 3.05) is 11.9 Å². The maximum Gasteiger partial charge on any atom is 0.255 e. The van der Waals surface area contributed by atoms with Crippen LogP contribution in [0.5, 0.6) is 5.75 Å². The molecule has 114 valence electrons. The maximum atomic E-state index is 12.2. The summed E-state index contributed by atoms with van der Waals surface area (Å²) in [5.41, 5.74) is 6.95. The van der Waals surface area contributed by atoms with Crippen LogP contribution in [0.25, 0.3) is 0 Å². The summed E-state index contributed by atoms with van der Waals surface area (Å²) in [5, 5.41) is 3.33. The van der Waals surface area contributed by atoms with Crippen molar-refractivity contribution in [3.8, 4) is 5.75 Å². The van der Waals surface area contributed by atoms with E-state index < -0.39 is 5.91 Å². The normalized spacial score (nSPS) is 10.1. The Morgan fingerprint density at radius 2 is 2.00 bits per heavy atom. The predicted molar refractivity (Wildman–Crippen MR) is 85.3 cm³/mol. The number of halogens is 1. The van der Waals surface area contributed by atoms with Crippen LogP contribution in [0.4, 0.5) is 5.69 Å². The van der Waals surface area contributed by atoms with E-state index in [9.17, 15) is 9.59 Å². The van der Waals surface area contributed by atoms with Gasteiger partial charge in [-0.1, -0.05) is 23.7 Å². The van der Waals surface area contributed by atoms with Gasteiger partial charge in [0.2, 0.25) is 0 Å². The molecular weight excluding hydrogens is 304 g/mol. The molecule has 0 bridgehead atoms. The highest BCUT2D eigenvalue weighted by Crippen LogP contribution is 2.21. The number of carbonyl (C=O) groups excluding carboxylic acids is 2. The Bertz CT molecular complexity index is 716. The molecule has 0 saturated carbocycles. The van der Waals surface area contributed by atoms with Crippen LogP contribution in [-0.4, -0.2) is 18.4 Å². The fraction of sp³-hybridized carbons (Fsp3) is 0.125. The topological polar surface area (TPSA) is 81.4 Å². The van der Waals surface area contributed by atoms with Gasteiger partial charge in [0.05, 0.1) is 0 Å². The highest BCUT2D eigenvalue weighted by atomic mass is 35.5. The van der Waals surface area contributed by atoms with Gasteiger partial charge in [0.25, 0.3) is 11.8 Å². The Morgan fingerprint density at radius 3 is 2.68 bits per heavy atom. The summed E-state index contributed by atoms with van der Waals surface area (Å²) < 4.78 is 5.17. The quantitative estimate of drug-likeness (QED) is 0.889. The van der Waals surface area contributed by atoms with E-state index in [1.54, 1.807) is 30.3 Å². The average Bonchev–Trinajstić information content (AvgIpc) is 2.49. The predicted octanol–water partition coefficient (Wildman–Crippen LogP) is 2.76. The summed E-state index contributed by atoms with van der Waals surface area (Å²) in [7, 11) is 0. The van der Waals surface area contributed by atoms with E-state index in [0.29, 0.717) is 22.0 Å². The molecule has 0 saturated heterocycles. The number of primary amides is 1. The number of hydrogen-bond donors (Lipinski definition) is 2. The van der Waals surface area contributed by atoms with Crippen molar-refractivity contribution in [1.82, 2.24) is 0 Å². The molecule has 0 fully saturated rings. The van der Waals surface area contributed by atoms with Crippen molar-refractivity contribution in [2.24, 2.45) is 5.73 Å². The number of anilines is 1. The van der Waals surface area contributed by atoms with Gasteiger partial charge in [0, 0.05) is 16.3 Å². The van der Waals surface area contributed by atoms with E-state index in [-0.39, 0.29) is 12.5 Å². The number of nitrogens with two attached hydrogens (primary N) is 1. The molecule has 0 spiro atoms. The number of hydrogen-bond acceptors (Lipinski definition) is 3. The Kier molecular flexibility index (Phi) is 5.01. The van der Waals surface area contributed by atoms with Crippen molar-refractivity contribution < 1.29 is 14.3 Å². The van der Waals surface area contributed by atoms with E-state index in [4.69, 9.17) is 22.1 Å². The third-order valence-electron chi connectivity index (χ3n) is 2.91. The molecule has 22 heavy (non-hydrogen) atoms. The van der Waals surface area contributed by atoms with Crippen molar-refractivity contribution in [3.63, 3.8) is 0 Å². The first-order valence-electron chi connectivity index (χ1n) is 6.54. The van der Waals surface area contributed by atoms with E-state index in [0.717, 1.165) is 5.56 Å². The lowest BCUT2D eigenvalue weighted by molar-refractivity contribution is -0.119. The number of aryl methyl sites for hydroxylation is 1. The van der Waals surface area contributed by atoms with Gasteiger partial charge in [-0.3, -0.25) is 9.59 Å². The largest absolute Gasteiger partial charge is 0.484 e. The second-order valence-corrected chi connectivity index (χ2v) is 5.11. The van der Waals surface area contributed by atoms with Crippen LogP contribution in [0.1, 0.15) is 15.9 Å². The molecule has 0 unspecified atom stereocenters. The number of rotatable bonds is 5. The molecule has 6 heteroatoms. The Labute approximate surface area is 133 Å². The number of ether oxygens (including phenoxy) is 1. The van der Waals surface area contributed by atoms with Gasteiger partial charge >= 0.3 is 0 Å². The van der Waals surface area contributed by atoms with Gasteiger partial charge in [-0.05, 0) is 42.8 Å². The molecule has 0 atom stereocenters. The van der Waals surface area contributed by atoms with Crippen LogP contribution < -0.4 is 15.8 Å². The van der Waals surface area contributed by atoms with E-state index in [1.165, 1.54) is 6.07 Å². The highest BCUT2D eigenvalue weighted by Gasteiger charge is 2.08. The molecule has 2 rings (SSSR count). The summed E-state index contributed by atoms with van der Waals surface area (Å²) in [5.74, 6) is -0.484. The van der Waals surface area contributed by atoms with Crippen molar-refractivity contribution in [3.05, 3.63) is 58.6 Å². The van der Waals surface area contributed by atoms with E-state index in [1.807, 2.05) is 13.0 Å². The average molecular weight is 319 g/mol. The molecular formula is C16H15ClN2O3. The third kappa shape index (κ3) is 4.23.